The largest absolute Gasteiger partial charge is 0.472 e. The number of furan rings is 1. The molecule has 1 spiro atoms. The molecule has 5 heteroatoms. The Balaban J connectivity index is 1.86. The molecule has 92 valence electrons. The first-order valence-corrected chi connectivity index (χ1v) is 5.82. The number of nitrogens with zero attached hydrogens (tertiary/aromatic N) is 1. The van der Waals surface area contributed by atoms with Gasteiger partial charge < -0.3 is 18.8 Å². The van der Waals surface area contributed by atoms with E-state index in [0.29, 0.717) is 38.5 Å². The smallest absolute Gasteiger partial charge is 0.257 e. The highest BCUT2D eigenvalue weighted by Crippen LogP contribution is 2.30. The fraction of sp³-hybridized carbons (Fsp3) is 0.583. The van der Waals surface area contributed by atoms with Crippen molar-refractivity contribution in [3.05, 3.63) is 24.2 Å². The standard InChI is InChI=1S/C12H15NO4/c14-11(10-1-4-15-7-10)13-3-6-17-9-12(13)2-5-16-8-12/h1,4,7H,2-3,5-6,8-9H2/t12-/m1/s1. The average Bonchev–Trinajstić information content (AvgIpc) is 3.00. The van der Waals surface area contributed by atoms with Gasteiger partial charge in [-0.3, -0.25) is 4.79 Å². The summed E-state index contributed by atoms with van der Waals surface area (Å²) in [6.07, 6.45) is 3.85. The quantitative estimate of drug-likeness (QED) is 0.728. The average molecular weight is 237 g/mol. The first kappa shape index (κ1) is 10.8. The fourth-order valence-corrected chi connectivity index (χ4v) is 2.52. The third-order valence-electron chi connectivity index (χ3n) is 3.50. The van der Waals surface area contributed by atoms with Crippen molar-refractivity contribution >= 4 is 5.91 Å². The maximum Gasteiger partial charge on any atom is 0.257 e. The first-order valence-electron chi connectivity index (χ1n) is 5.82. The number of carbonyl (C=O) groups excluding carboxylic acids is 1. The second kappa shape index (κ2) is 4.16. The van der Waals surface area contributed by atoms with Crippen LogP contribution in [0.5, 0.6) is 0 Å². The first-order chi connectivity index (χ1) is 8.32. The molecule has 5 nitrogen and oxygen atoms in total. The SMILES string of the molecule is O=C(c1ccoc1)N1CCOC[C@]12CCOC2. The van der Waals surface area contributed by atoms with Crippen LogP contribution in [0.25, 0.3) is 0 Å². The van der Waals surface area contributed by atoms with Crippen LogP contribution >= 0.6 is 0 Å². The van der Waals surface area contributed by atoms with Gasteiger partial charge in [-0.1, -0.05) is 0 Å². The van der Waals surface area contributed by atoms with Gasteiger partial charge in [-0.05, 0) is 12.5 Å². The molecule has 0 aromatic carbocycles. The minimum absolute atomic E-state index is 0.00699. The number of hydrogen-bond acceptors (Lipinski definition) is 4. The van der Waals surface area contributed by atoms with E-state index in [1.165, 1.54) is 12.5 Å². The van der Waals surface area contributed by atoms with Gasteiger partial charge in [0.2, 0.25) is 0 Å². The van der Waals surface area contributed by atoms with Gasteiger partial charge in [0, 0.05) is 13.2 Å². The van der Waals surface area contributed by atoms with E-state index < -0.39 is 0 Å². The minimum atomic E-state index is -0.271. The lowest BCUT2D eigenvalue weighted by atomic mass is 9.95. The Morgan fingerprint density at radius 1 is 1.29 bits per heavy atom. The summed E-state index contributed by atoms with van der Waals surface area (Å²) in [6, 6.07) is 1.70. The molecule has 0 aliphatic carbocycles. The summed E-state index contributed by atoms with van der Waals surface area (Å²) >= 11 is 0. The van der Waals surface area contributed by atoms with Crippen LogP contribution in [0.15, 0.2) is 23.0 Å². The predicted octanol–water partition coefficient (Wildman–Crippen LogP) is 0.911. The normalized spacial score (nSPS) is 28.8. The molecule has 1 aromatic heterocycles. The van der Waals surface area contributed by atoms with Crippen molar-refractivity contribution < 1.29 is 18.7 Å². The van der Waals surface area contributed by atoms with E-state index in [-0.39, 0.29) is 11.4 Å². The molecule has 17 heavy (non-hydrogen) atoms. The highest BCUT2D eigenvalue weighted by molar-refractivity contribution is 5.94. The van der Waals surface area contributed by atoms with E-state index >= 15 is 0 Å². The summed E-state index contributed by atoms with van der Waals surface area (Å²) in [4.78, 5) is 14.3. The topological polar surface area (TPSA) is 51.9 Å². The van der Waals surface area contributed by atoms with Gasteiger partial charge in [0.1, 0.15) is 6.26 Å². The van der Waals surface area contributed by atoms with E-state index in [1.54, 1.807) is 6.07 Å². The van der Waals surface area contributed by atoms with Gasteiger partial charge in [0.05, 0.1) is 37.2 Å². The Hall–Kier alpha value is -1.33. The molecular formula is C12H15NO4. The van der Waals surface area contributed by atoms with Crippen LogP contribution in [0.2, 0.25) is 0 Å². The molecule has 0 N–H and O–H groups in total. The Kier molecular flexibility index (Phi) is 2.64. The second-order valence-electron chi connectivity index (χ2n) is 4.55. The molecule has 0 bridgehead atoms. The van der Waals surface area contributed by atoms with Crippen molar-refractivity contribution in [2.75, 3.05) is 33.0 Å². The second-order valence-corrected chi connectivity index (χ2v) is 4.55. The fourth-order valence-electron chi connectivity index (χ4n) is 2.52. The number of carbonyl (C=O) groups is 1. The van der Waals surface area contributed by atoms with Crippen LogP contribution in [0.3, 0.4) is 0 Å². The Morgan fingerprint density at radius 3 is 2.82 bits per heavy atom. The minimum Gasteiger partial charge on any atom is -0.472 e. The van der Waals surface area contributed by atoms with Crippen molar-refractivity contribution in [2.45, 2.75) is 12.0 Å². The molecule has 2 aliphatic rings. The molecule has 2 saturated heterocycles. The van der Waals surface area contributed by atoms with Gasteiger partial charge in [-0.2, -0.15) is 0 Å². The zero-order valence-electron chi connectivity index (χ0n) is 9.55. The van der Waals surface area contributed by atoms with E-state index in [0.717, 1.165) is 6.42 Å². The van der Waals surface area contributed by atoms with Gasteiger partial charge >= 0.3 is 0 Å². The van der Waals surface area contributed by atoms with E-state index in [4.69, 9.17) is 13.9 Å². The van der Waals surface area contributed by atoms with E-state index in [9.17, 15) is 4.79 Å². The molecule has 1 amide bonds. The van der Waals surface area contributed by atoms with Crippen LogP contribution in [-0.2, 0) is 9.47 Å². The van der Waals surface area contributed by atoms with E-state index in [2.05, 4.69) is 0 Å². The lowest BCUT2D eigenvalue weighted by Crippen LogP contribution is -2.59. The van der Waals surface area contributed by atoms with Gasteiger partial charge in [0.15, 0.2) is 0 Å². The van der Waals surface area contributed by atoms with Crippen LogP contribution < -0.4 is 0 Å². The van der Waals surface area contributed by atoms with Crippen molar-refractivity contribution in [3.63, 3.8) is 0 Å². The van der Waals surface area contributed by atoms with Gasteiger partial charge in [-0.15, -0.1) is 0 Å². The third kappa shape index (κ3) is 1.75. The maximum absolute atomic E-state index is 12.4. The number of morpholine rings is 1. The molecule has 1 aromatic rings. The highest BCUT2D eigenvalue weighted by atomic mass is 16.5. The summed E-state index contributed by atoms with van der Waals surface area (Å²) in [5, 5.41) is 0. The predicted molar refractivity (Wildman–Crippen MR) is 58.7 cm³/mol. The van der Waals surface area contributed by atoms with Crippen molar-refractivity contribution in [2.24, 2.45) is 0 Å². The van der Waals surface area contributed by atoms with Crippen LogP contribution in [-0.4, -0.2) is 49.3 Å². The molecule has 0 saturated carbocycles. The van der Waals surface area contributed by atoms with Crippen molar-refractivity contribution in [3.8, 4) is 0 Å². The molecule has 2 aliphatic heterocycles. The Morgan fingerprint density at radius 2 is 2.12 bits per heavy atom. The van der Waals surface area contributed by atoms with Crippen LogP contribution in [0, 0.1) is 0 Å². The zero-order valence-corrected chi connectivity index (χ0v) is 9.55. The van der Waals surface area contributed by atoms with E-state index in [1.807, 2.05) is 4.90 Å². The number of rotatable bonds is 1. The summed E-state index contributed by atoms with van der Waals surface area (Å²) in [5.41, 5.74) is 0.324. The molecule has 0 radical (unpaired) electrons. The summed E-state index contributed by atoms with van der Waals surface area (Å²) in [5.74, 6) is 0.00699. The van der Waals surface area contributed by atoms with Crippen molar-refractivity contribution in [1.82, 2.24) is 4.90 Å². The summed E-state index contributed by atoms with van der Waals surface area (Å²) in [7, 11) is 0. The Bertz CT molecular complexity index is 395. The molecule has 1 atom stereocenters. The highest BCUT2D eigenvalue weighted by Gasteiger charge is 2.45. The summed E-state index contributed by atoms with van der Waals surface area (Å²) in [6.45, 7) is 3.03. The third-order valence-corrected chi connectivity index (χ3v) is 3.50. The monoisotopic (exact) mass is 237 g/mol. The maximum atomic E-state index is 12.4. The number of ether oxygens (including phenoxy) is 2. The van der Waals surface area contributed by atoms with Crippen LogP contribution in [0.4, 0.5) is 0 Å². The molecule has 2 fully saturated rings. The lowest BCUT2D eigenvalue weighted by Gasteiger charge is -2.43. The van der Waals surface area contributed by atoms with Gasteiger partial charge in [-0.25, -0.2) is 0 Å². The Labute approximate surface area is 99.3 Å². The van der Waals surface area contributed by atoms with Gasteiger partial charge in [0.25, 0.3) is 5.91 Å². The summed E-state index contributed by atoms with van der Waals surface area (Å²) < 4.78 is 15.9. The number of amides is 1. The molecule has 0 unspecified atom stereocenters. The molecule has 3 heterocycles. The van der Waals surface area contributed by atoms with Crippen molar-refractivity contribution in [1.29, 1.82) is 0 Å². The molecular weight excluding hydrogens is 222 g/mol. The number of hydrogen-bond donors (Lipinski definition) is 0. The lowest BCUT2D eigenvalue weighted by molar-refractivity contribution is -0.0551. The zero-order chi connectivity index (χ0) is 11.7. The molecule has 3 rings (SSSR count). The van der Waals surface area contributed by atoms with Crippen LogP contribution in [0.1, 0.15) is 16.8 Å².